The van der Waals surface area contributed by atoms with Gasteiger partial charge in [-0.1, -0.05) is 68.4 Å². The van der Waals surface area contributed by atoms with Crippen molar-refractivity contribution < 1.29 is 19.0 Å². The highest BCUT2D eigenvalue weighted by atomic mass is 32.1. The van der Waals surface area contributed by atoms with Crippen molar-refractivity contribution in [3.8, 4) is 11.5 Å². The van der Waals surface area contributed by atoms with Crippen molar-refractivity contribution in [3.63, 3.8) is 0 Å². The molecule has 0 aliphatic rings. The Bertz CT molecular complexity index is 1250. The van der Waals surface area contributed by atoms with Crippen LogP contribution in [0.3, 0.4) is 0 Å². The van der Waals surface area contributed by atoms with Crippen molar-refractivity contribution in [3.05, 3.63) is 94.4 Å². The minimum Gasteiger partial charge on any atom is -0.493 e. The van der Waals surface area contributed by atoms with E-state index in [0.29, 0.717) is 23.8 Å². The number of hydrogen-bond acceptors (Lipinski definition) is 5. The number of hydrogen-bond donors (Lipinski definition) is 0. The van der Waals surface area contributed by atoms with Crippen LogP contribution in [0.1, 0.15) is 48.3 Å². The second kappa shape index (κ2) is 10.5. The third kappa shape index (κ3) is 5.35. The van der Waals surface area contributed by atoms with Crippen LogP contribution in [0.5, 0.6) is 11.5 Å². The number of methoxy groups -OCH3 is 2. The molecule has 0 bridgehead atoms. The first-order chi connectivity index (χ1) is 16.8. The number of fused-ring (bicyclic) bond motifs is 1. The lowest BCUT2D eigenvalue weighted by molar-refractivity contribution is -0.151. The predicted molar refractivity (Wildman–Crippen MR) is 143 cm³/mol. The van der Waals surface area contributed by atoms with Gasteiger partial charge in [-0.05, 0) is 47.1 Å². The average molecular weight is 489 g/mol. The molecule has 1 heterocycles. The molecule has 0 spiro atoms. The van der Waals surface area contributed by atoms with E-state index in [0.717, 1.165) is 26.1 Å². The summed E-state index contributed by atoms with van der Waals surface area (Å²) in [5.41, 5.74) is 2.33. The molecule has 0 amide bonds. The van der Waals surface area contributed by atoms with Crippen LogP contribution in [0.15, 0.2) is 72.8 Å². The summed E-state index contributed by atoms with van der Waals surface area (Å²) >= 11 is 1.66. The van der Waals surface area contributed by atoms with Crippen LogP contribution in [0.2, 0.25) is 0 Å². The first-order valence-corrected chi connectivity index (χ1v) is 12.6. The maximum Gasteiger partial charge on any atom is 0.316 e. The minimum absolute atomic E-state index is 0.230. The van der Waals surface area contributed by atoms with Gasteiger partial charge in [-0.15, -0.1) is 11.3 Å². The standard InChI is InChI=1S/C30H32O4S/c1-20(2)22-11-13-24(14-12-22)30(3,29(31)34-19-21-9-7-6-8-10-21)18-25-15-23-16-26(32-4)27(33-5)17-28(23)35-25/h6-17,20H,18-19H2,1-5H3. The van der Waals surface area contributed by atoms with Gasteiger partial charge in [0.15, 0.2) is 11.5 Å². The molecule has 35 heavy (non-hydrogen) atoms. The van der Waals surface area contributed by atoms with E-state index in [4.69, 9.17) is 14.2 Å². The van der Waals surface area contributed by atoms with Gasteiger partial charge in [0.1, 0.15) is 6.61 Å². The molecule has 4 nitrogen and oxygen atoms in total. The molecule has 4 aromatic rings. The smallest absolute Gasteiger partial charge is 0.316 e. The zero-order valence-electron chi connectivity index (χ0n) is 21.0. The molecule has 0 saturated heterocycles. The fourth-order valence-electron chi connectivity index (χ4n) is 4.27. The zero-order valence-corrected chi connectivity index (χ0v) is 21.8. The van der Waals surface area contributed by atoms with E-state index < -0.39 is 5.41 Å². The van der Waals surface area contributed by atoms with Crippen LogP contribution in [-0.4, -0.2) is 20.2 Å². The van der Waals surface area contributed by atoms with Gasteiger partial charge in [0.2, 0.25) is 0 Å². The van der Waals surface area contributed by atoms with Gasteiger partial charge in [-0.2, -0.15) is 0 Å². The predicted octanol–water partition coefficient (Wildman–Crippen LogP) is 7.29. The van der Waals surface area contributed by atoms with Gasteiger partial charge in [-0.3, -0.25) is 4.79 Å². The SMILES string of the molecule is COc1cc2cc(CC(C)(C(=O)OCc3ccccc3)c3ccc(C(C)C)cc3)sc2cc1OC. The number of carbonyl (C=O) groups excluding carboxylic acids is 1. The highest BCUT2D eigenvalue weighted by Gasteiger charge is 2.38. The molecule has 0 N–H and O–H groups in total. The number of rotatable bonds is 9. The topological polar surface area (TPSA) is 44.8 Å². The van der Waals surface area contributed by atoms with E-state index in [1.54, 1.807) is 25.6 Å². The lowest BCUT2D eigenvalue weighted by atomic mass is 9.78. The summed E-state index contributed by atoms with van der Waals surface area (Å²) in [6.45, 7) is 6.57. The maximum atomic E-state index is 13.6. The zero-order chi connectivity index (χ0) is 25.0. The molecule has 182 valence electrons. The highest BCUT2D eigenvalue weighted by Crippen LogP contribution is 2.39. The number of esters is 1. The molecule has 1 unspecified atom stereocenters. The molecule has 1 atom stereocenters. The van der Waals surface area contributed by atoms with Gasteiger partial charge in [0.05, 0.1) is 19.6 Å². The summed E-state index contributed by atoms with van der Waals surface area (Å²) in [5, 5.41) is 1.07. The summed E-state index contributed by atoms with van der Waals surface area (Å²) in [6, 6.07) is 24.3. The van der Waals surface area contributed by atoms with Crippen molar-refractivity contribution in [2.24, 2.45) is 0 Å². The number of benzene rings is 3. The third-order valence-electron chi connectivity index (χ3n) is 6.48. The lowest BCUT2D eigenvalue weighted by Crippen LogP contribution is -2.36. The van der Waals surface area contributed by atoms with Gasteiger partial charge >= 0.3 is 5.97 Å². The van der Waals surface area contributed by atoms with Crippen molar-refractivity contribution in [2.75, 3.05) is 14.2 Å². The summed E-state index contributed by atoms with van der Waals surface area (Å²) in [5.74, 6) is 1.58. The minimum atomic E-state index is -0.834. The summed E-state index contributed by atoms with van der Waals surface area (Å²) < 4.78 is 17.9. The molecule has 1 aromatic heterocycles. The molecule has 3 aromatic carbocycles. The van der Waals surface area contributed by atoms with E-state index in [1.807, 2.05) is 49.4 Å². The normalized spacial score (nSPS) is 13.0. The molecule has 0 fully saturated rings. The molecular weight excluding hydrogens is 456 g/mol. The maximum absolute atomic E-state index is 13.6. The first kappa shape index (κ1) is 24.8. The van der Waals surface area contributed by atoms with E-state index in [2.05, 4.69) is 44.2 Å². The second-order valence-corrected chi connectivity index (χ2v) is 10.5. The van der Waals surface area contributed by atoms with Crippen molar-refractivity contribution in [1.29, 1.82) is 0 Å². The van der Waals surface area contributed by atoms with Crippen molar-refractivity contribution in [1.82, 2.24) is 0 Å². The fraction of sp³-hybridized carbons (Fsp3) is 0.300. The van der Waals surface area contributed by atoms with Crippen molar-refractivity contribution >= 4 is 27.4 Å². The number of carbonyl (C=O) groups is 1. The molecule has 0 saturated carbocycles. The van der Waals surface area contributed by atoms with Crippen LogP contribution in [0.25, 0.3) is 10.1 Å². The molecule has 0 radical (unpaired) electrons. The van der Waals surface area contributed by atoms with E-state index in [9.17, 15) is 4.79 Å². The summed E-state index contributed by atoms with van der Waals surface area (Å²) in [6.07, 6.45) is 0.533. The summed E-state index contributed by atoms with van der Waals surface area (Å²) in [4.78, 5) is 14.7. The molecule has 5 heteroatoms. The first-order valence-electron chi connectivity index (χ1n) is 11.8. The van der Waals surface area contributed by atoms with Crippen LogP contribution in [-0.2, 0) is 28.0 Å². The van der Waals surface area contributed by atoms with Crippen LogP contribution < -0.4 is 9.47 Å². The van der Waals surface area contributed by atoms with E-state index in [1.165, 1.54) is 5.56 Å². The molecule has 0 aliphatic carbocycles. The molecule has 0 aliphatic heterocycles. The lowest BCUT2D eigenvalue weighted by Gasteiger charge is -2.28. The Kier molecular flexibility index (Phi) is 7.46. The van der Waals surface area contributed by atoms with Crippen LogP contribution in [0.4, 0.5) is 0 Å². The Hall–Kier alpha value is -3.31. The van der Waals surface area contributed by atoms with Crippen LogP contribution >= 0.6 is 11.3 Å². The highest BCUT2D eigenvalue weighted by molar-refractivity contribution is 7.19. The Morgan fingerprint density at radius 3 is 2.20 bits per heavy atom. The number of ether oxygens (including phenoxy) is 3. The summed E-state index contributed by atoms with van der Waals surface area (Å²) in [7, 11) is 3.27. The van der Waals surface area contributed by atoms with E-state index in [-0.39, 0.29) is 12.6 Å². The van der Waals surface area contributed by atoms with E-state index >= 15 is 0 Å². The quantitative estimate of drug-likeness (QED) is 0.232. The Morgan fingerprint density at radius 2 is 1.57 bits per heavy atom. The van der Waals surface area contributed by atoms with Gasteiger partial charge in [0, 0.05) is 22.1 Å². The number of thiophene rings is 1. The largest absolute Gasteiger partial charge is 0.493 e. The second-order valence-electron chi connectivity index (χ2n) is 9.31. The van der Waals surface area contributed by atoms with Crippen molar-refractivity contribution in [2.45, 2.75) is 45.1 Å². The van der Waals surface area contributed by atoms with Gasteiger partial charge < -0.3 is 14.2 Å². The third-order valence-corrected chi connectivity index (χ3v) is 7.58. The Morgan fingerprint density at radius 1 is 0.914 bits per heavy atom. The van der Waals surface area contributed by atoms with Gasteiger partial charge in [-0.25, -0.2) is 0 Å². The molecular formula is C30H32O4S. The Balaban J connectivity index is 1.68. The Labute approximate surface area is 211 Å². The van der Waals surface area contributed by atoms with Gasteiger partial charge in [0.25, 0.3) is 0 Å². The molecule has 4 rings (SSSR count). The monoisotopic (exact) mass is 488 g/mol. The van der Waals surface area contributed by atoms with Crippen LogP contribution in [0, 0.1) is 0 Å². The fourth-order valence-corrected chi connectivity index (χ4v) is 5.50. The average Bonchev–Trinajstić information content (AvgIpc) is 3.27.